The van der Waals surface area contributed by atoms with E-state index in [0.29, 0.717) is 34.7 Å². The lowest BCUT2D eigenvalue weighted by atomic mass is 9.95. The van der Waals surface area contributed by atoms with E-state index in [1.54, 1.807) is 29.3 Å². The first-order valence-electron chi connectivity index (χ1n) is 10.8. The molecule has 9 heteroatoms. The Kier molecular flexibility index (Phi) is 3.47. The number of carbonyl (C=O) groups is 3. The summed E-state index contributed by atoms with van der Waals surface area (Å²) in [7, 11) is 0. The highest BCUT2D eigenvalue weighted by Gasteiger charge is 2.53. The van der Waals surface area contributed by atoms with Gasteiger partial charge in [0.25, 0.3) is 11.8 Å². The zero-order valence-corrected chi connectivity index (χ0v) is 17.4. The maximum absolute atomic E-state index is 13.5. The minimum atomic E-state index is -1.55. The third-order valence-corrected chi connectivity index (χ3v) is 6.73. The zero-order chi connectivity index (χ0) is 22.3. The number of pyridine rings is 1. The van der Waals surface area contributed by atoms with E-state index < -0.39 is 17.5 Å². The highest BCUT2D eigenvalue weighted by Crippen LogP contribution is 2.44. The Labute approximate surface area is 186 Å². The molecule has 2 N–H and O–H groups in total. The van der Waals surface area contributed by atoms with Crippen LogP contribution in [0.4, 0.5) is 4.79 Å². The third kappa shape index (κ3) is 2.59. The average molecular weight is 442 g/mol. The topological polar surface area (TPSA) is 118 Å². The highest BCUT2D eigenvalue weighted by molar-refractivity contribution is 6.11. The Bertz CT molecular complexity index is 1480. The van der Waals surface area contributed by atoms with Crippen molar-refractivity contribution in [3.8, 4) is 0 Å². The number of benzene rings is 1. The van der Waals surface area contributed by atoms with Gasteiger partial charge < -0.3 is 19.1 Å². The van der Waals surface area contributed by atoms with Gasteiger partial charge in [0, 0.05) is 30.1 Å². The molecule has 164 valence electrons. The van der Waals surface area contributed by atoms with E-state index in [2.05, 4.69) is 15.6 Å². The fourth-order valence-corrected chi connectivity index (χ4v) is 4.91. The number of amides is 4. The summed E-state index contributed by atoms with van der Waals surface area (Å²) in [6.07, 6.45) is 3.83. The summed E-state index contributed by atoms with van der Waals surface area (Å²) in [5.41, 5.74) is 1.64. The molecule has 3 aromatic heterocycles. The molecule has 2 aliphatic heterocycles. The maximum Gasteiger partial charge on any atom is 0.322 e. The van der Waals surface area contributed by atoms with Crippen molar-refractivity contribution in [3.05, 3.63) is 65.2 Å². The standard InChI is InChI=1S/C24H18N4O5/c29-21-20-13(5-6-16-14(20)8-18(32-16)12-3-4-12)10-28(21)11-24(22(30)26-23(31)27-24)19-9-15-17(33-19)2-1-7-25-15/h1-2,5-9,12H,3-4,10-11H2,(H2,26,27,30,31)/t24-/m0/s1. The van der Waals surface area contributed by atoms with Gasteiger partial charge in [-0.3, -0.25) is 19.9 Å². The van der Waals surface area contributed by atoms with Gasteiger partial charge >= 0.3 is 6.03 Å². The Morgan fingerprint density at radius 3 is 2.73 bits per heavy atom. The molecule has 1 aliphatic carbocycles. The molecule has 0 radical (unpaired) electrons. The first-order chi connectivity index (χ1) is 16.0. The fourth-order valence-electron chi connectivity index (χ4n) is 4.91. The molecule has 1 atom stereocenters. The Hall–Kier alpha value is -4.14. The Balaban J connectivity index is 1.29. The number of nitrogens with one attached hydrogen (secondary N) is 2. The summed E-state index contributed by atoms with van der Waals surface area (Å²) >= 11 is 0. The third-order valence-electron chi connectivity index (χ3n) is 6.73. The monoisotopic (exact) mass is 442 g/mol. The number of furan rings is 2. The number of rotatable bonds is 4. The Morgan fingerprint density at radius 2 is 1.97 bits per heavy atom. The van der Waals surface area contributed by atoms with E-state index in [4.69, 9.17) is 8.83 Å². The van der Waals surface area contributed by atoms with Crippen molar-refractivity contribution < 1.29 is 23.2 Å². The van der Waals surface area contributed by atoms with Crippen LogP contribution >= 0.6 is 0 Å². The van der Waals surface area contributed by atoms with Gasteiger partial charge in [-0.05, 0) is 42.7 Å². The molecule has 7 rings (SSSR count). The molecule has 5 heterocycles. The normalized spacial score (nSPS) is 22.3. The predicted octanol–water partition coefficient (Wildman–Crippen LogP) is 3.14. The number of aromatic nitrogens is 1. The van der Waals surface area contributed by atoms with Gasteiger partial charge in [0.15, 0.2) is 11.1 Å². The summed E-state index contributed by atoms with van der Waals surface area (Å²) in [5.74, 6) is 0.801. The van der Waals surface area contributed by atoms with E-state index in [-0.39, 0.29) is 18.2 Å². The van der Waals surface area contributed by atoms with Crippen LogP contribution in [-0.2, 0) is 16.9 Å². The van der Waals surface area contributed by atoms with Gasteiger partial charge in [-0.1, -0.05) is 6.07 Å². The van der Waals surface area contributed by atoms with Crippen LogP contribution in [-0.4, -0.2) is 34.3 Å². The molecule has 4 aromatic rings. The van der Waals surface area contributed by atoms with Crippen LogP contribution in [0.1, 0.15) is 46.2 Å². The van der Waals surface area contributed by atoms with E-state index in [0.717, 1.165) is 29.6 Å². The second kappa shape index (κ2) is 6.22. The molecule has 2 fully saturated rings. The molecular formula is C24H18N4O5. The van der Waals surface area contributed by atoms with E-state index >= 15 is 0 Å². The summed E-state index contributed by atoms with van der Waals surface area (Å²) in [6.45, 7) is 0.240. The second-order valence-corrected chi connectivity index (χ2v) is 8.91. The lowest BCUT2D eigenvalue weighted by molar-refractivity contribution is -0.125. The lowest BCUT2D eigenvalue weighted by Gasteiger charge is -2.29. The molecule has 1 saturated carbocycles. The quantitative estimate of drug-likeness (QED) is 0.469. The first kappa shape index (κ1) is 18.4. The molecule has 0 bridgehead atoms. The van der Waals surface area contributed by atoms with Crippen molar-refractivity contribution in [1.82, 2.24) is 20.5 Å². The van der Waals surface area contributed by atoms with Crippen molar-refractivity contribution in [2.45, 2.75) is 30.8 Å². The molecule has 1 aromatic carbocycles. The minimum absolute atomic E-state index is 0.0767. The number of fused-ring (bicyclic) bond motifs is 4. The van der Waals surface area contributed by atoms with Crippen molar-refractivity contribution >= 4 is 39.9 Å². The maximum atomic E-state index is 13.5. The Morgan fingerprint density at radius 1 is 1.09 bits per heavy atom. The van der Waals surface area contributed by atoms with Crippen LogP contribution < -0.4 is 10.6 Å². The van der Waals surface area contributed by atoms with E-state index in [9.17, 15) is 14.4 Å². The van der Waals surface area contributed by atoms with Gasteiger partial charge in [-0.2, -0.15) is 0 Å². The largest absolute Gasteiger partial charge is 0.461 e. The smallest absolute Gasteiger partial charge is 0.322 e. The summed E-state index contributed by atoms with van der Waals surface area (Å²) in [6, 6.07) is 10.2. The number of hydrogen-bond donors (Lipinski definition) is 2. The van der Waals surface area contributed by atoms with Crippen molar-refractivity contribution in [2.24, 2.45) is 0 Å². The number of urea groups is 1. The molecule has 1 saturated heterocycles. The number of nitrogens with zero attached hydrogens (tertiary/aromatic N) is 2. The molecule has 33 heavy (non-hydrogen) atoms. The number of carbonyl (C=O) groups excluding carboxylic acids is 3. The number of imide groups is 1. The van der Waals surface area contributed by atoms with Gasteiger partial charge in [0.1, 0.15) is 22.6 Å². The lowest BCUT2D eigenvalue weighted by Crippen LogP contribution is -2.52. The second-order valence-electron chi connectivity index (χ2n) is 8.91. The summed E-state index contributed by atoms with van der Waals surface area (Å²) < 4.78 is 11.9. The molecular weight excluding hydrogens is 424 g/mol. The zero-order valence-electron chi connectivity index (χ0n) is 17.4. The molecule has 0 unspecified atom stereocenters. The fraction of sp³-hybridized carbons (Fsp3) is 0.250. The molecule has 9 nitrogen and oxygen atoms in total. The highest BCUT2D eigenvalue weighted by atomic mass is 16.3. The minimum Gasteiger partial charge on any atom is -0.461 e. The van der Waals surface area contributed by atoms with E-state index in [1.165, 1.54) is 0 Å². The van der Waals surface area contributed by atoms with Crippen LogP contribution in [0.15, 0.2) is 51.4 Å². The summed E-state index contributed by atoms with van der Waals surface area (Å²) in [5, 5.41) is 5.79. The molecule has 0 spiro atoms. The van der Waals surface area contributed by atoms with Crippen LogP contribution in [0.2, 0.25) is 0 Å². The molecule has 4 amide bonds. The molecule has 3 aliphatic rings. The first-order valence-corrected chi connectivity index (χ1v) is 10.8. The van der Waals surface area contributed by atoms with Gasteiger partial charge in [0.2, 0.25) is 0 Å². The van der Waals surface area contributed by atoms with Crippen LogP contribution in [0, 0.1) is 0 Å². The predicted molar refractivity (Wildman–Crippen MR) is 115 cm³/mol. The summed E-state index contributed by atoms with van der Waals surface area (Å²) in [4.78, 5) is 44.5. The van der Waals surface area contributed by atoms with Crippen molar-refractivity contribution in [2.75, 3.05) is 6.54 Å². The van der Waals surface area contributed by atoms with Gasteiger partial charge in [0.05, 0.1) is 12.1 Å². The SMILES string of the molecule is O=C1NC(=O)[C@](CN2Cc3ccc4oc(C5CC5)cc4c3C2=O)(c2cc3ncccc3o2)N1. The van der Waals surface area contributed by atoms with Crippen molar-refractivity contribution in [3.63, 3.8) is 0 Å². The van der Waals surface area contributed by atoms with Gasteiger partial charge in [-0.15, -0.1) is 0 Å². The van der Waals surface area contributed by atoms with Crippen LogP contribution in [0.25, 0.3) is 22.1 Å². The van der Waals surface area contributed by atoms with E-state index in [1.807, 2.05) is 18.2 Å². The number of hydrogen-bond acceptors (Lipinski definition) is 6. The van der Waals surface area contributed by atoms with Crippen molar-refractivity contribution in [1.29, 1.82) is 0 Å². The van der Waals surface area contributed by atoms with Crippen LogP contribution in [0.3, 0.4) is 0 Å². The van der Waals surface area contributed by atoms with Gasteiger partial charge in [-0.25, -0.2) is 4.79 Å². The van der Waals surface area contributed by atoms with Crippen LogP contribution in [0.5, 0.6) is 0 Å². The average Bonchev–Trinajstić information content (AvgIpc) is 3.14.